The highest BCUT2D eigenvalue weighted by Gasteiger charge is 2.81. The van der Waals surface area contributed by atoms with Gasteiger partial charge in [0.1, 0.15) is 29.0 Å². The van der Waals surface area contributed by atoms with Crippen LogP contribution in [0.15, 0.2) is 78.4 Å². The van der Waals surface area contributed by atoms with Gasteiger partial charge in [0.05, 0.1) is 17.1 Å². The molecule has 8 nitrogen and oxygen atoms in total. The maximum absolute atomic E-state index is 13.4. The van der Waals surface area contributed by atoms with E-state index in [9.17, 15) is 30.0 Å². The van der Waals surface area contributed by atoms with Crippen molar-refractivity contribution in [3.8, 4) is 0 Å². The van der Waals surface area contributed by atoms with E-state index in [-0.39, 0.29) is 25.7 Å². The Hall–Kier alpha value is -3.30. The molecule has 0 saturated heterocycles. The fraction of sp³-hybridized carbons (Fsp3) is 0.514. The van der Waals surface area contributed by atoms with Crippen molar-refractivity contribution >= 4 is 18.0 Å². The molecule has 2 aromatic rings. The largest absolute Gasteiger partial charge is 0.458 e. The van der Waals surface area contributed by atoms with Gasteiger partial charge in [0, 0.05) is 12.0 Å². The van der Waals surface area contributed by atoms with Gasteiger partial charge in [-0.1, -0.05) is 74.0 Å². The first-order valence-electron chi connectivity index (χ1n) is 16.0. The Morgan fingerprint density at radius 3 is 2.31 bits per heavy atom. The maximum atomic E-state index is 13.4. The summed E-state index contributed by atoms with van der Waals surface area (Å²) < 4.78 is 12.1. The van der Waals surface area contributed by atoms with Crippen LogP contribution in [0, 0.1) is 16.7 Å². The molecule has 0 spiro atoms. The molecule has 0 aliphatic heterocycles. The lowest BCUT2D eigenvalue weighted by Crippen LogP contribution is -2.78. The van der Waals surface area contributed by atoms with Crippen LogP contribution in [0.5, 0.6) is 0 Å². The monoisotopic (exact) mass is 616 g/mol. The third-order valence-electron chi connectivity index (χ3n) is 12.1. The molecule has 0 bridgehead atoms. The molecule has 8 heteroatoms. The van der Waals surface area contributed by atoms with Crippen molar-refractivity contribution in [2.24, 2.45) is 16.7 Å². The molecule has 0 heterocycles. The van der Waals surface area contributed by atoms with Crippen molar-refractivity contribution in [1.29, 1.82) is 0 Å². The standard InChI is InChI=1S/C37H44O8/c1-24(44-32(40)26-12-8-5-9-13-26)35(41)20-21-37(43)34(35,3)30(45-31(39)15-14-25-10-6-4-7-11-25)23-29-33(2)18-17-28(38)22-27(33)16-19-36(29,37)42/h4-16,24,28-30,38,41-43H,17-23H2,1-3H3/b15-14+/t24?,28-,29+,30?,33-,34+,35-,36-,37+/m0/s1. The van der Waals surface area contributed by atoms with Crippen molar-refractivity contribution in [2.45, 2.75) is 101 Å². The van der Waals surface area contributed by atoms with Crippen molar-refractivity contribution in [2.75, 3.05) is 0 Å². The van der Waals surface area contributed by atoms with Crippen LogP contribution < -0.4 is 0 Å². The first kappa shape index (κ1) is 31.7. The van der Waals surface area contributed by atoms with Crippen molar-refractivity contribution in [1.82, 2.24) is 0 Å². The predicted octanol–water partition coefficient (Wildman–Crippen LogP) is 4.75. The molecule has 2 unspecified atom stereocenters. The lowest BCUT2D eigenvalue weighted by Gasteiger charge is -2.67. The molecule has 240 valence electrons. The van der Waals surface area contributed by atoms with Gasteiger partial charge in [-0.25, -0.2) is 9.59 Å². The zero-order valence-corrected chi connectivity index (χ0v) is 26.2. The summed E-state index contributed by atoms with van der Waals surface area (Å²) in [6.45, 7) is 5.31. The van der Waals surface area contributed by atoms with E-state index in [1.807, 2.05) is 36.4 Å². The molecule has 4 aliphatic carbocycles. The molecule has 9 atom stereocenters. The normalized spacial score (nSPS) is 39.6. The van der Waals surface area contributed by atoms with E-state index in [4.69, 9.17) is 9.47 Å². The van der Waals surface area contributed by atoms with E-state index in [1.165, 1.54) is 6.08 Å². The minimum Gasteiger partial charge on any atom is -0.458 e. The molecule has 2 aromatic carbocycles. The van der Waals surface area contributed by atoms with Crippen LogP contribution in [0.25, 0.3) is 6.08 Å². The second kappa shape index (κ2) is 11.2. The van der Waals surface area contributed by atoms with Crippen LogP contribution in [-0.4, -0.2) is 67.5 Å². The van der Waals surface area contributed by atoms with Gasteiger partial charge in [0.15, 0.2) is 0 Å². The number of esters is 2. The second-order valence-corrected chi connectivity index (χ2v) is 14.0. The zero-order chi connectivity index (χ0) is 32.3. The lowest BCUT2D eigenvalue weighted by atomic mass is 9.42. The first-order valence-corrected chi connectivity index (χ1v) is 16.0. The summed E-state index contributed by atoms with van der Waals surface area (Å²) in [4.78, 5) is 26.6. The molecule has 3 fully saturated rings. The highest BCUT2D eigenvalue weighted by atomic mass is 16.6. The van der Waals surface area contributed by atoms with Gasteiger partial charge < -0.3 is 29.9 Å². The number of hydrogen-bond acceptors (Lipinski definition) is 8. The number of carbonyl (C=O) groups is 2. The third-order valence-corrected chi connectivity index (χ3v) is 12.1. The Labute approximate surface area is 264 Å². The van der Waals surface area contributed by atoms with Crippen LogP contribution in [0.1, 0.15) is 81.6 Å². The van der Waals surface area contributed by atoms with Crippen LogP contribution in [0.4, 0.5) is 0 Å². The molecule has 4 N–H and O–H groups in total. The molecule has 0 amide bonds. The SMILES string of the molecule is CC(OC(=O)c1ccccc1)[C@@]1(O)CC[C@@]2(O)[C@]1(C)C(OC(=O)/C=C/c1ccccc1)C[C@@H]1[C@@]3(C)CC[C@H](O)CC3=CC[C@]12O. The molecular weight excluding hydrogens is 572 g/mol. The number of rotatable bonds is 6. The van der Waals surface area contributed by atoms with E-state index in [0.29, 0.717) is 24.8 Å². The van der Waals surface area contributed by atoms with Crippen molar-refractivity contribution in [3.63, 3.8) is 0 Å². The third kappa shape index (κ3) is 4.72. The summed E-state index contributed by atoms with van der Waals surface area (Å²) in [6, 6.07) is 17.8. The Balaban J connectivity index is 1.40. The summed E-state index contributed by atoms with van der Waals surface area (Å²) in [7, 11) is 0. The Kier molecular flexibility index (Phi) is 7.88. The summed E-state index contributed by atoms with van der Waals surface area (Å²) in [5, 5.41) is 48.6. The van der Waals surface area contributed by atoms with Gasteiger partial charge in [-0.3, -0.25) is 0 Å². The Morgan fingerprint density at radius 1 is 0.956 bits per heavy atom. The lowest BCUT2D eigenvalue weighted by molar-refractivity contribution is -0.326. The molecule has 45 heavy (non-hydrogen) atoms. The summed E-state index contributed by atoms with van der Waals surface area (Å²) in [6.07, 6.45) is 4.27. The maximum Gasteiger partial charge on any atom is 0.338 e. The summed E-state index contributed by atoms with van der Waals surface area (Å²) in [5.74, 6) is -1.78. The van der Waals surface area contributed by atoms with E-state index < -0.39 is 63.8 Å². The second-order valence-electron chi connectivity index (χ2n) is 14.0. The molecule has 6 rings (SSSR count). The molecular formula is C37H44O8. The number of benzene rings is 2. The summed E-state index contributed by atoms with van der Waals surface area (Å²) >= 11 is 0. The molecule has 0 aromatic heterocycles. The van der Waals surface area contributed by atoms with E-state index in [2.05, 4.69) is 6.92 Å². The summed E-state index contributed by atoms with van der Waals surface area (Å²) in [5.41, 5.74) is -5.43. The molecule has 4 aliphatic rings. The van der Waals surface area contributed by atoms with Crippen molar-refractivity contribution in [3.05, 3.63) is 89.5 Å². The fourth-order valence-electron chi connectivity index (χ4n) is 9.30. The zero-order valence-electron chi connectivity index (χ0n) is 26.2. The van der Waals surface area contributed by atoms with Crippen molar-refractivity contribution < 1.29 is 39.5 Å². The highest BCUT2D eigenvalue weighted by Crippen LogP contribution is 2.71. The van der Waals surface area contributed by atoms with Crippen LogP contribution >= 0.6 is 0 Å². The van der Waals surface area contributed by atoms with E-state index >= 15 is 0 Å². The number of hydrogen-bond donors (Lipinski definition) is 4. The number of carbonyl (C=O) groups excluding carboxylic acids is 2. The van der Waals surface area contributed by atoms with Crippen LogP contribution in [-0.2, 0) is 14.3 Å². The predicted molar refractivity (Wildman–Crippen MR) is 168 cm³/mol. The highest BCUT2D eigenvalue weighted by molar-refractivity contribution is 5.89. The quantitative estimate of drug-likeness (QED) is 0.208. The van der Waals surface area contributed by atoms with Gasteiger partial charge in [0.2, 0.25) is 0 Å². The first-order chi connectivity index (χ1) is 21.3. The minimum atomic E-state index is -1.90. The molecule has 0 radical (unpaired) electrons. The van der Waals surface area contributed by atoms with Gasteiger partial charge >= 0.3 is 11.9 Å². The van der Waals surface area contributed by atoms with Crippen LogP contribution in [0.2, 0.25) is 0 Å². The fourth-order valence-corrected chi connectivity index (χ4v) is 9.30. The average molecular weight is 617 g/mol. The van der Waals surface area contributed by atoms with Gasteiger partial charge in [-0.05, 0) is 81.1 Å². The molecule has 3 saturated carbocycles. The van der Waals surface area contributed by atoms with Gasteiger partial charge in [-0.15, -0.1) is 0 Å². The minimum absolute atomic E-state index is 0.00993. The number of fused-ring (bicyclic) bond motifs is 5. The van der Waals surface area contributed by atoms with E-state index in [0.717, 1.165) is 11.1 Å². The average Bonchev–Trinajstić information content (AvgIpc) is 3.26. The number of aliphatic hydroxyl groups is 4. The number of aliphatic hydroxyl groups excluding tert-OH is 1. The number of ether oxygens (including phenoxy) is 2. The topological polar surface area (TPSA) is 134 Å². The van der Waals surface area contributed by atoms with Gasteiger partial charge in [0.25, 0.3) is 0 Å². The smallest absolute Gasteiger partial charge is 0.338 e. The van der Waals surface area contributed by atoms with Gasteiger partial charge in [-0.2, -0.15) is 0 Å². The Morgan fingerprint density at radius 2 is 1.62 bits per heavy atom. The van der Waals surface area contributed by atoms with E-state index in [1.54, 1.807) is 50.3 Å². The van der Waals surface area contributed by atoms with Crippen LogP contribution in [0.3, 0.4) is 0 Å². The Bertz CT molecular complexity index is 1500.